The van der Waals surface area contributed by atoms with Crippen molar-refractivity contribution in [2.24, 2.45) is 0 Å². The molecule has 0 aromatic heterocycles. The maximum absolute atomic E-state index is 8.77. The van der Waals surface area contributed by atoms with E-state index in [0.29, 0.717) is 0 Å². The van der Waals surface area contributed by atoms with E-state index in [4.69, 9.17) is 5.11 Å². The van der Waals surface area contributed by atoms with E-state index in [1.807, 2.05) is 0 Å². The number of allylic oxidation sites excluding steroid dienone is 3. The van der Waals surface area contributed by atoms with Crippen LogP contribution in [0.1, 0.15) is 46.5 Å². The van der Waals surface area contributed by atoms with E-state index in [1.165, 1.54) is 11.1 Å². The monoisotopic (exact) mass is 182 g/mol. The zero-order valence-corrected chi connectivity index (χ0v) is 9.14. The Kier molecular flexibility index (Phi) is 7.71. The minimum absolute atomic E-state index is 0.274. The first-order valence-electron chi connectivity index (χ1n) is 5.18. The Hall–Kier alpha value is -0.560. The topological polar surface area (TPSA) is 20.2 Å². The third-order valence-corrected chi connectivity index (χ3v) is 2.32. The van der Waals surface area contributed by atoms with Gasteiger partial charge in [-0.3, -0.25) is 0 Å². The SMILES string of the molecule is CCC(C)=CCC=C(CC)CCO. The summed E-state index contributed by atoms with van der Waals surface area (Å²) in [5, 5.41) is 8.77. The summed E-state index contributed by atoms with van der Waals surface area (Å²) in [7, 11) is 0. The highest BCUT2D eigenvalue weighted by Gasteiger charge is 1.91. The number of aliphatic hydroxyl groups excluding tert-OH is 1. The van der Waals surface area contributed by atoms with Crippen LogP contribution in [0.5, 0.6) is 0 Å². The summed E-state index contributed by atoms with van der Waals surface area (Å²) in [6.45, 7) is 6.74. The number of rotatable bonds is 6. The summed E-state index contributed by atoms with van der Waals surface area (Å²) in [5.41, 5.74) is 2.80. The van der Waals surface area contributed by atoms with Crippen molar-refractivity contribution in [1.29, 1.82) is 0 Å². The molecule has 76 valence electrons. The van der Waals surface area contributed by atoms with Crippen molar-refractivity contribution in [3.05, 3.63) is 23.3 Å². The second-order valence-electron chi connectivity index (χ2n) is 3.33. The van der Waals surface area contributed by atoms with E-state index in [2.05, 4.69) is 32.9 Å². The van der Waals surface area contributed by atoms with Gasteiger partial charge in [-0.05, 0) is 32.6 Å². The van der Waals surface area contributed by atoms with Gasteiger partial charge in [0.05, 0.1) is 0 Å². The lowest BCUT2D eigenvalue weighted by Gasteiger charge is -2.00. The average molecular weight is 182 g/mol. The molecule has 13 heavy (non-hydrogen) atoms. The van der Waals surface area contributed by atoms with Crippen LogP contribution in [-0.4, -0.2) is 11.7 Å². The van der Waals surface area contributed by atoms with Gasteiger partial charge in [-0.25, -0.2) is 0 Å². The van der Waals surface area contributed by atoms with Gasteiger partial charge in [0.1, 0.15) is 0 Å². The van der Waals surface area contributed by atoms with Crippen LogP contribution in [0.25, 0.3) is 0 Å². The van der Waals surface area contributed by atoms with Crippen LogP contribution in [-0.2, 0) is 0 Å². The van der Waals surface area contributed by atoms with E-state index in [1.54, 1.807) is 0 Å². The predicted octanol–water partition coefficient (Wildman–Crippen LogP) is 3.45. The largest absolute Gasteiger partial charge is 0.396 e. The van der Waals surface area contributed by atoms with Crippen LogP contribution >= 0.6 is 0 Å². The highest BCUT2D eigenvalue weighted by Crippen LogP contribution is 2.08. The van der Waals surface area contributed by atoms with E-state index in [9.17, 15) is 0 Å². The van der Waals surface area contributed by atoms with Crippen molar-refractivity contribution in [2.75, 3.05) is 6.61 Å². The molecule has 0 atom stereocenters. The second-order valence-corrected chi connectivity index (χ2v) is 3.33. The third kappa shape index (κ3) is 6.59. The third-order valence-electron chi connectivity index (χ3n) is 2.32. The van der Waals surface area contributed by atoms with Gasteiger partial charge < -0.3 is 5.11 Å². The Morgan fingerprint density at radius 3 is 2.31 bits per heavy atom. The van der Waals surface area contributed by atoms with Crippen LogP contribution < -0.4 is 0 Å². The van der Waals surface area contributed by atoms with Gasteiger partial charge >= 0.3 is 0 Å². The van der Waals surface area contributed by atoms with E-state index in [0.717, 1.165) is 25.7 Å². The molecule has 0 aliphatic carbocycles. The number of hydrogen-bond donors (Lipinski definition) is 1. The second kappa shape index (κ2) is 8.06. The molecule has 0 aliphatic heterocycles. The van der Waals surface area contributed by atoms with Crippen molar-refractivity contribution in [3.63, 3.8) is 0 Å². The standard InChI is InChI=1S/C12H22O/c1-4-11(3)7-6-8-12(5-2)9-10-13/h7-8,13H,4-6,9-10H2,1-3H3. The summed E-state index contributed by atoms with van der Waals surface area (Å²) >= 11 is 0. The fraction of sp³-hybridized carbons (Fsp3) is 0.667. The van der Waals surface area contributed by atoms with Crippen molar-refractivity contribution < 1.29 is 5.11 Å². The Balaban J connectivity index is 3.92. The number of hydrogen-bond acceptors (Lipinski definition) is 1. The Morgan fingerprint density at radius 2 is 1.85 bits per heavy atom. The van der Waals surface area contributed by atoms with Crippen LogP contribution in [0.15, 0.2) is 23.3 Å². The quantitative estimate of drug-likeness (QED) is 0.624. The molecular weight excluding hydrogens is 160 g/mol. The van der Waals surface area contributed by atoms with Gasteiger partial charge in [-0.1, -0.05) is 37.1 Å². The lowest BCUT2D eigenvalue weighted by atomic mass is 10.1. The molecule has 0 rings (SSSR count). The van der Waals surface area contributed by atoms with Gasteiger partial charge in [0.2, 0.25) is 0 Å². The first kappa shape index (κ1) is 12.4. The van der Waals surface area contributed by atoms with Gasteiger partial charge in [0.15, 0.2) is 0 Å². The van der Waals surface area contributed by atoms with Gasteiger partial charge in [-0.2, -0.15) is 0 Å². The molecule has 0 saturated heterocycles. The zero-order chi connectivity index (χ0) is 10.1. The summed E-state index contributed by atoms with van der Waals surface area (Å²) in [4.78, 5) is 0. The normalized spacial score (nSPS) is 13.5. The van der Waals surface area contributed by atoms with Crippen molar-refractivity contribution >= 4 is 0 Å². The molecule has 0 bridgehead atoms. The smallest absolute Gasteiger partial charge is 0.0468 e. The van der Waals surface area contributed by atoms with Crippen molar-refractivity contribution in [3.8, 4) is 0 Å². The Bertz CT molecular complexity index is 178. The molecule has 0 spiro atoms. The molecule has 1 heteroatoms. The van der Waals surface area contributed by atoms with E-state index < -0.39 is 0 Å². The summed E-state index contributed by atoms with van der Waals surface area (Å²) in [6, 6.07) is 0. The first-order valence-corrected chi connectivity index (χ1v) is 5.18. The van der Waals surface area contributed by atoms with E-state index in [-0.39, 0.29) is 6.61 Å². The van der Waals surface area contributed by atoms with Crippen molar-refractivity contribution in [1.82, 2.24) is 0 Å². The lowest BCUT2D eigenvalue weighted by Crippen LogP contribution is -1.87. The molecule has 0 aromatic carbocycles. The Morgan fingerprint density at radius 1 is 1.15 bits per heavy atom. The fourth-order valence-corrected chi connectivity index (χ4v) is 1.14. The molecule has 0 amide bonds. The molecule has 0 unspecified atom stereocenters. The summed E-state index contributed by atoms with van der Waals surface area (Å²) in [5.74, 6) is 0. The van der Waals surface area contributed by atoms with Crippen LogP contribution in [0.2, 0.25) is 0 Å². The first-order chi connectivity index (χ1) is 6.24. The maximum Gasteiger partial charge on any atom is 0.0468 e. The van der Waals surface area contributed by atoms with Gasteiger partial charge in [0, 0.05) is 6.61 Å². The Labute approximate surface area is 82.2 Å². The molecule has 0 fully saturated rings. The van der Waals surface area contributed by atoms with Gasteiger partial charge in [0.25, 0.3) is 0 Å². The lowest BCUT2D eigenvalue weighted by molar-refractivity contribution is 0.298. The molecule has 1 nitrogen and oxygen atoms in total. The van der Waals surface area contributed by atoms with Gasteiger partial charge in [-0.15, -0.1) is 0 Å². The van der Waals surface area contributed by atoms with Crippen LogP contribution in [0.3, 0.4) is 0 Å². The molecule has 0 radical (unpaired) electrons. The molecule has 1 N–H and O–H groups in total. The molecule has 0 saturated carbocycles. The minimum Gasteiger partial charge on any atom is -0.396 e. The highest BCUT2D eigenvalue weighted by molar-refractivity contribution is 5.07. The average Bonchev–Trinajstić information content (AvgIpc) is 2.16. The maximum atomic E-state index is 8.77. The van der Waals surface area contributed by atoms with Crippen LogP contribution in [0, 0.1) is 0 Å². The molecule has 0 heterocycles. The number of aliphatic hydroxyl groups is 1. The van der Waals surface area contributed by atoms with E-state index >= 15 is 0 Å². The zero-order valence-electron chi connectivity index (χ0n) is 9.14. The molecule has 0 aliphatic rings. The predicted molar refractivity (Wildman–Crippen MR) is 58.7 cm³/mol. The summed E-state index contributed by atoms with van der Waals surface area (Å²) in [6.07, 6.45) is 8.52. The molecule has 0 aromatic rings. The highest BCUT2D eigenvalue weighted by atomic mass is 16.2. The molecular formula is C12H22O. The van der Waals surface area contributed by atoms with Crippen molar-refractivity contribution in [2.45, 2.75) is 46.5 Å². The summed E-state index contributed by atoms with van der Waals surface area (Å²) < 4.78 is 0. The minimum atomic E-state index is 0.274. The fourth-order valence-electron chi connectivity index (χ4n) is 1.14. The van der Waals surface area contributed by atoms with Crippen LogP contribution in [0.4, 0.5) is 0 Å².